The van der Waals surface area contributed by atoms with Crippen molar-refractivity contribution in [2.75, 3.05) is 13.1 Å². The maximum absolute atomic E-state index is 5.92. The molecule has 1 aromatic rings. The first-order valence-electron chi connectivity index (χ1n) is 5.89. The minimum Gasteiger partial charge on any atom is -0.490 e. The van der Waals surface area contributed by atoms with Gasteiger partial charge in [0.25, 0.3) is 0 Å². The van der Waals surface area contributed by atoms with Crippen LogP contribution in [0.1, 0.15) is 25.3 Å². The topological polar surface area (TPSA) is 21.3 Å². The van der Waals surface area contributed by atoms with Crippen LogP contribution in [0, 0.1) is 0 Å². The summed E-state index contributed by atoms with van der Waals surface area (Å²) in [6, 6.07) is 8.20. The fourth-order valence-corrected chi connectivity index (χ4v) is 1.92. The number of hydrogen-bond donors (Lipinski definition) is 1. The second-order valence-corrected chi connectivity index (χ2v) is 4.37. The molecule has 1 heterocycles. The summed E-state index contributed by atoms with van der Waals surface area (Å²) in [6.07, 6.45) is 2.57. The zero-order valence-electron chi connectivity index (χ0n) is 9.83. The minimum atomic E-state index is 0.372. The summed E-state index contributed by atoms with van der Waals surface area (Å²) < 4.78 is 5.92. The highest BCUT2D eigenvalue weighted by Gasteiger charge is 2.13. The van der Waals surface area contributed by atoms with Gasteiger partial charge in [0, 0.05) is 0 Å². The summed E-state index contributed by atoms with van der Waals surface area (Å²) in [7, 11) is 0. The van der Waals surface area contributed by atoms with Gasteiger partial charge in [-0.25, -0.2) is 0 Å². The van der Waals surface area contributed by atoms with E-state index in [2.05, 4.69) is 24.0 Å². The fraction of sp³-hybridized carbons (Fsp3) is 0.429. The van der Waals surface area contributed by atoms with E-state index in [4.69, 9.17) is 4.74 Å². The van der Waals surface area contributed by atoms with Crippen LogP contribution in [-0.4, -0.2) is 19.2 Å². The molecule has 2 heteroatoms. The van der Waals surface area contributed by atoms with E-state index < -0.39 is 0 Å². The maximum Gasteiger partial charge on any atom is 0.119 e. The van der Waals surface area contributed by atoms with Gasteiger partial charge in [-0.3, -0.25) is 0 Å². The smallest absolute Gasteiger partial charge is 0.119 e. The SMILES string of the molecule is C=C(C)c1ccc(OC2CCNCC2)cc1. The van der Waals surface area contributed by atoms with Crippen LogP contribution in [0.4, 0.5) is 0 Å². The summed E-state index contributed by atoms with van der Waals surface area (Å²) >= 11 is 0. The van der Waals surface area contributed by atoms with Crippen LogP contribution >= 0.6 is 0 Å². The first-order chi connectivity index (χ1) is 7.75. The number of rotatable bonds is 3. The summed E-state index contributed by atoms with van der Waals surface area (Å²) in [5.41, 5.74) is 2.27. The van der Waals surface area contributed by atoms with Gasteiger partial charge in [0.1, 0.15) is 11.9 Å². The molecule has 0 unspecified atom stereocenters. The van der Waals surface area contributed by atoms with Crippen LogP contribution in [-0.2, 0) is 0 Å². The molecule has 2 rings (SSSR count). The third-order valence-corrected chi connectivity index (χ3v) is 2.94. The third kappa shape index (κ3) is 2.86. The second-order valence-electron chi connectivity index (χ2n) is 4.37. The second kappa shape index (κ2) is 5.17. The van der Waals surface area contributed by atoms with Gasteiger partial charge in [-0.2, -0.15) is 0 Å². The molecule has 1 aliphatic rings. The molecule has 0 spiro atoms. The van der Waals surface area contributed by atoms with Gasteiger partial charge in [-0.05, 0) is 50.6 Å². The molecule has 0 atom stereocenters. The van der Waals surface area contributed by atoms with E-state index >= 15 is 0 Å². The van der Waals surface area contributed by atoms with Crippen molar-refractivity contribution in [3.8, 4) is 5.75 Å². The van der Waals surface area contributed by atoms with E-state index in [1.807, 2.05) is 19.1 Å². The standard InChI is InChI=1S/C14H19NO/c1-11(2)12-3-5-13(6-4-12)16-14-7-9-15-10-8-14/h3-6,14-15H,1,7-10H2,2H3. The summed E-state index contributed by atoms with van der Waals surface area (Å²) in [4.78, 5) is 0. The molecule has 1 fully saturated rings. The van der Waals surface area contributed by atoms with E-state index in [1.165, 1.54) is 5.56 Å². The number of hydrogen-bond acceptors (Lipinski definition) is 2. The lowest BCUT2D eigenvalue weighted by Crippen LogP contribution is -2.34. The van der Waals surface area contributed by atoms with E-state index in [-0.39, 0.29) is 0 Å². The molecule has 0 aliphatic carbocycles. The van der Waals surface area contributed by atoms with E-state index in [1.54, 1.807) is 0 Å². The van der Waals surface area contributed by atoms with Crippen molar-refractivity contribution < 1.29 is 4.74 Å². The Balaban J connectivity index is 1.96. The van der Waals surface area contributed by atoms with Gasteiger partial charge in [0.15, 0.2) is 0 Å². The van der Waals surface area contributed by atoms with Crippen molar-refractivity contribution in [2.45, 2.75) is 25.9 Å². The average molecular weight is 217 g/mol. The summed E-state index contributed by atoms with van der Waals surface area (Å²) in [5, 5.41) is 3.33. The normalized spacial score (nSPS) is 17.1. The molecule has 1 saturated heterocycles. The van der Waals surface area contributed by atoms with Crippen molar-refractivity contribution in [1.82, 2.24) is 5.32 Å². The quantitative estimate of drug-likeness (QED) is 0.840. The van der Waals surface area contributed by atoms with Crippen molar-refractivity contribution in [3.63, 3.8) is 0 Å². The number of nitrogens with one attached hydrogen (secondary N) is 1. The number of ether oxygens (including phenoxy) is 1. The van der Waals surface area contributed by atoms with Gasteiger partial charge >= 0.3 is 0 Å². The van der Waals surface area contributed by atoms with Gasteiger partial charge in [-0.15, -0.1) is 0 Å². The van der Waals surface area contributed by atoms with Crippen LogP contribution < -0.4 is 10.1 Å². The lowest BCUT2D eigenvalue weighted by molar-refractivity contribution is 0.162. The average Bonchev–Trinajstić information content (AvgIpc) is 2.31. The van der Waals surface area contributed by atoms with Gasteiger partial charge in [0.05, 0.1) is 0 Å². The molecule has 0 bridgehead atoms. The first-order valence-corrected chi connectivity index (χ1v) is 5.89. The monoisotopic (exact) mass is 217 g/mol. The molecule has 16 heavy (non-hydrogen) atoms. The molecule has 1 aliphatic heterocycles. The van der Waals surface area contributed by atoms with Gasteiger partial charge < -0.3 is 10.1 Å². The Morgan fingerprint density at radius 2 is 1.88 bits per heavy atom. The van der Waals surface area contributed by atoms with Crippen molar-refractivity contribution in [3.05, 3.63) is 36.4 Å². The molecule has 86 valence electrons. The predicted octanol–water partition coefficient (Wildman–Crippen LogP) is 2.85. The van der Waals surface area contributed by atoms with Crippen molar-refractivity contribution in [1.29, 1.82) is 0 Å². The molecule has 0 aromatic heterocycles. The summed E-state index contributed by atoms with van der Waals surface area (Å²) in [6.45, 7) is 8.07. The van der Waals surface area contributed by atoms with Gasteiger partial charge in [-0.1, -0.05) is 24.3 Å². The lowest BCUT2D eigenvalue weighted by Gasteiger charge is -2.23. The predicted molar refractivity (Wildman–Crippen MR) is 67.7 cm³/mol. The number of benzene rings is 1. The zero-order chi connectivity index (χ0) is 11.4. The van der Waals surface area contributed by atoms with Crippen LogP contribution in [0.2, 0.25) is 0 Å². The Kier molecular flexibility index (Phi) is 3.62. The Labute approximate surface area is 97.3 Å². The fourth-order valence-electron chi connectivity index (χ4n) is 1.92. The van der Waals surface area contributed by atoms with E-state index in [0.717, 1.165) is 37.3 Å². The molecular weight excluding hydrogens is 198 g/mol. The highest BCUT2D eigenvalue weighted by Crippen LogP contribution is 2.20. The molecule has 0 amide bonds. The maximum atomic E-state index is 5.92. The van der Waals surface area contributed by atoms with Crippen LogP contribution in [0.25, 0.3) is 5.57 Å². The Morgan fingerprint density at radius 1 is 1.25 bits per heavy atom. The Hall–Kier alpha value is -1.28. The van der Waals surface area contributed by atoms with Crippen LogP contribution in [0.15, 0.2) is 30.8 Å². The largest absolute Gasteiger partial charge is 0.490 e. The number of piperidine rings is 1. The third-order valence-electron chi connectivity index (χ3n) is 2.94. The molecule has 2 nitrogen and oxygen atoms in total. The lowest BCUT2D eigenvalue weighted by atomic mass is 10.1. The molecule has 0 saturated carbocycles. The van der Waals surface area contributed by atoms with Crippen LogP contribution in [0.5, 0.6) is 5.75 Å². The minimum absolute atomic E-state index is 0.372. The molecule has 1 aromatic carbocycles. The number of allylic oxidation sites excluding steroid dienone is 1. The van der Waals surface area contributed by atoms with Crippen molar-refractivity contribution in [2.24, 2.45) is 0 Å². The molecular formula is C14H19NO. The molecule has 1 N–H and O–H groups in total. The Bertz CT molecular complexity index is 350. The van der Waals surface area contributed by atoms with Gasteiger partial charge in [0.2, 0.25) is 0 Å². The van der Waals surface area contributed by atoms with E-state index in [9.17, 15) is 0 Å². The van der Waals surface area contributed by atoms with E-state index in [0.29, 0.717) is 6.10 Å². The zero-order valence-corrected chi connectivity index (χ0v) is 9.83. The Morgan fingerprint density at radius 3 is 2.44 bits per heavy atom. The summed E-state index contributed by atoms with van der Waals surface area (Å²) in [5.74, 6) is 0.969. The highest BCUT2D eigenvalue weighted by molar-refractivity contribution is 5.61. The highest BCUT2D eigenvalue weighted by atomic mass is 16.5. The molecule has 0 radical (unpaired) electrons. The van der Waals surface area contributed by atoms with Crippen molar-refractivity contribution >= 4 is 5.57 Å². The first kappa shape index (κ1) is 11.2. The van der Waals surface area contributed by atoms with Crippen LogP contribution in [0.3, 0.4) is 0 Å².